The molecule has 2 amide bonds. The molecule has 0 heterocycles. The molecule has 1 atom stereocenters. The van der Waals surface area contributed by atoms with Gasteiger partial charge in [0.1, 0.15) is 6.61 Å². The van der Waals surface area contributed by atoms with Gasteiger partial charge in [-0.1, -0.05) is 69.3 Å². The SMILES string of the molecule is CCCN(CCC(=O)O)C(=O)CC(CNC(=O)OCC1c2ccccc2-c2ccccc21)C(C)C. The maximum atomic E-state index is 12.8. The summed E-state index contributed by atoms with van der Waals surface area (Å²) in [7, 11) is 0. The van der Waals surface area contributed by atoms with E-state index in [1.54, 1.807) is 4.90 Å². The predicted molar refractivity (Wildman–Crippen MR) is 135 cm³/mol. The highest BCUT2D eigenvalue weighted by atomic mass is 16.5. The first kappa shape index (κ1) is 26.3. The molecule has 0 spiro atoms. The highest BCUT2D eigenvalue weighted by Gasteiger charge is 2.29. The summed E-state index contributed by atoms with van der Waals surface area (Å²) in [6.07, 6.45) is 0.438. The van der Waals surface area contributed by atoms with Gasteiger partial charge in [0.25, 0.3) is 0 Å². The van der Waals surface area contributed by atoms with Gasteiger partial charge in [-0.05, 0) is 40.5 Å². The van der Waals surface area contributed by atoms with E-state index in [0.29, 0.717) is 13.1 Å². The van der Waals surface area contributed by atoms with E-state index in [-0.39, 0.29) is 49.7 Å². The summed E-state index contributed by atoms with van der Waals surface area (Å²) in [6, 6.07) is 16.4. The number of amides is 2. The van der Waals surface area contributed by atoms with E-state index in [9.17, 15) is 14.4 Å². The second-order valence-electron chi connectivity index (χ2n) is 9.44. The second kappa shape index (κ2) is 12.4. The monoisotopic (exact) mass is 480 g/mol. The summed E-state index contributed by atoms with van der Waals surface area (Å²) in [5, 5.41) is 11.8. The van der Waals surface area contributed by atoms with Crippen LogP contribution in [0.15, 0.2) is 48.5 Å². The zero-order valence-corrected chi connectivity index (χ0v) is 20.8. The molecule has 0 aromatic heterocycles. The maximum absolute atomic E-state index is 12.8. The van der Waals surface area contributed by atoms with Crippen LogP contribution < -0.4 is 5.32 Å². The molecule has 7 heteroatoms. The smallest absolute Gasteiger partial charge is 0.407 e. The fourth-order valence-corrected chi connectivity index (χ4v) is 4.62. The molecule has 7 nitrogen and oxygen atoms in total. The molecule has 3 rings (SSSR count). The summed E-state index contributed by atoms with van der Waals surface area (Å²) < 4.78 is 5.62. The lowest BCUT2D eigenvalue weighted by Gasteiger charge is -2.26. The Morgan fingerprint density at radius 3 is 2.14 bits per heavy atom. The number of rotatable bonds is 12. The number of nitrogens with zero attached hydrogens (tertiary/aromatic N) is 1. The first-order valence-electron chi connectivity index (χ1n) is 12.4. The van der Waals surface area contributed by atoms with E-state index in [2.05, 4.69) is 29.6 Å². The van der Waals surface area contributed by atoms with Crippen LogP contribution in [0, 0.1) is 11.8 Å². The van der Waals surface area contributed by atoms with Crippen molar-refractivity contribution in [3.05, 3.63) is 59.7 Å². The molecule has 0 radical (unpaired) electrons. The van der Waals surface area contributed by atoms with E-state index in [0.717, 1.165) is 17.5 Å². The minimum absolute atomic E-state index is 0.00698. The molecule has 1 aliphatic carbocycles. The van der Waals surface area contributed by atoms with E-state index >= 15 is 0 Å². The maximum Gasteiger partial charge on any atom is 0.407 e. The number of carbonyl (C=O) groups is 3. The highest BCUT2D eigenvalue weighted by Crippen LogP contribution is 2.44. The Morgan fingerprint density at radius 1 is 1.00 bits per heavy atom. The van der Waals surface area contributed by atoms with Gasteiger partial charge in [-0.2, -0.15) is 0 Å². The van der Waals surface area contributed by atoms with Crippen molar-refractivity contribution in [3.8, 4) is 11.1 Å². The molecule has 1 unspecified atom stereocenters. The molecule has 1 aliphatic rings. The summed E-state index contributed by atoms with van der Waals surface area (Å²) in [6.45, 7) is 7.27. The second-order valence-corrected chi connectivity index (χ2v) is 9.44. The molecule has 0 bridgehead atoms. The number of ether oxygens (including phenoxy) is 1. The highest BCUT2D eigenvalue weighted by molar-refractivity contribution is 5.79. The summed E-state index contributed by atoms with van der Waals surface area (Å²) in [5.74, 6) is -0.923. The number of carbonyl (C=O) groups excluding carboxylic acids is 2. The van der Waals surface area contributed by atoms with Crippen LogP contribution in [0.25, 0.3) is 11.1 Å². The number of hydrogen-bond acceptors (Lipinski definition) is 4. The van der Waals surface area contributed by atoms with Crippen molar-refractivity contribution < 1.29 is 24.2 Å². The van der Waals surface area contributed by atoms with Crippen molar-refractivity contribution in [2.75, 3.05) is 26.2 Å². The van der Waals surface area contributed by atoms with Crippen molar-refractivity contribution in [3.63, 3.8) is 0 Å². The van der Waals surface area contributed by atoms with Gasteiger partial charge in [0.05, 0.1) is 6.42 Å². The summed E-state index contributed by atoms with van der Waals surface area (Å²) in [4.78, 5) is 37.9. The zero-order chi connectivity index (χ0) is 25.4. The van der Waals surface area contributed by atoms with Crippen LogP contribution in [-0.2, 0) is 14.3 Å². The largest absolute Gasteiger partial charge is 0.481 e. The lowest BCUT2D eigenvalue weighted by molar-refractivity contribution is -0.138. The molecule has 0 aliphatic heterocycles. The van der Waals surface area contributed by atoms with Crippen LogP contribution in [0.3, 0.4) is 0 Å². The lowest BCUT2D eigenvalue weighted by atomic mass is 9.92. The van der Waals surface area contributed by atoms with Crippen molar-refractivity contribution in [1.82, 2.24) is 10.2 Å². The quantitative estimate of drug-likeness (QED) is 0.450. The Kier molecular flexibility index (Phi) is 9.29. The Labute approximate surface area is 207 Å². The average molecular weight is 481 g/mol. The number of nitrogens with one attached hydrogen (secondary N) is 1. The van der Waals surface area contributed by atoms with Gasteiger partial charge in [0.15, 0.2) is 0 Å². The Balaban J connectivity index is 1.55. The number of hydrogen-bond donors (Lipinski definition) is 2. The molecular weight excluding hydrogens is 444 g/mol. The number of fused-ring (bicyclic) bond motifs is 3. The minimum atomic E-state index is -0.920. The Morgan fingerprint density at radius 2 is 1.60 bits per heavy atom. The molecule has 2 aromatic rings. The third-order valence-electron chi connectivity index (χ3n) is 6.67. The van der Waals surface area contributed by atoms with Crippen LogP contribution in [-0.4, -0.2) is 54.2 Å². The van der Waals surface area contributed by atoms with E-state index in [4.69, 9.17) is 9.84 Å². The molecule has 2 N–H and O–H groups in total. The van der Waals surface area contributed by atoms with Gasteiger partial charge in [0.2, 0.25) is 5.91 Å². The van der Waals surface area contributed by atoms with Gasteiger partial charge in [-0.15, -0.1) is 0 Å². The van der Waals surface area contributed by atoms with Crippen molar-refractivity contribution in [2.45, 2.75) is 46.0 Å². The van der Waals surface area contributed by atoms with E-state index in [1.807, 2.05) is 45.0 Å². The van der Waals surface area contributed by atoms with Crippen LogP contribution >= 0.6 is 0 Å². The molecule has 2 aromatic carbocycles. The molecular formula is C28H36N2O5. The summed E-state index contributed by atoms with van der Waals surface area (Å²) >= 11 is 0. The van der Waals surface area contributed by atoms with Crippen molar-refractivity contribution in [2.24, 2.45) is 11.8 Å². The molecule has 0 saturated carbocycles. The number of benzene rings is 2. The number of aliphatic carboxylic acids is 1. The fourth-order valence-electron chi connectivity index (χ4n) is 4.62. The van der Waals surface area contributed by atoms with Gasteiger partial charge in [0, 0.05) is 32.0 Å². The van der Waals surface area contributed by atoms with Gasteiger partial charge < -0.3 is 20.1 Å². The molecule has 0 fully saturated rings. The van der Waals surface area contributed by atoms with Gasteiger partial charge >= 0.3 is 12.1 Å². The number of carboxylic acid groups (broad SMARTS) is 1. The van der Waals surface area contributed by atoms with E-state index < -0.39 is 12.1 Å². The van der Waals surface area contributed by atoms with Crippen LogP contribution in [0.1, 0.15) is 57.1 Å². The van der Waals surface area contributed by atoms with Crippen molar-refractivity contribution >= 4 is 18.0 Å². The standard InChI is InChI=1S/C28H36N2O5/c1-4-14-30(15-13-27(32)33)26(31)16-20(19(2)3)17-29-28(34)35-18-25-23-11-7-5-9-21(23)22-10-6-8-12-24(22)25/h5-12,19-20,25H,4,13-18H2,1-3H3,(H,29,34)(H,32,33). The van der Waals surface area contributed by atoms with Gasteiger partial charge in [-0.25, -0.2) is 4.79 Å². The zero-order valence-electron chi connectivity index (χ0n) is 20.8. The molecule has 0 saturated heterocycles. The van der Waals surface area contributed by atoms with Crippen molar-refractivity contribution in [1.29, 1.82) is 0 Å². The predicted octanol–water partition coefficient (Wildman–Crippen LogP) is 4.90. The minimum Gasteiger partial charge on any atom is -0.481 e. The van der Waals surface area contributed by atoms with Crippen LogP contribution in [0.4, 0.5) is 4.79 Å². The molecule has 188 valence electrons. The first-order chi connectivity index (χ1) is 16.8. The third kappa shape index (κ3) is 6.84. The topological polar surface area (TPSA) is 95.9 Å². The molecule has 35 heavy (non-hydrogen) atoms. The van der Waals surface area contributed by atoms with Gasteiger partial charge in [-0.3, -0.25) is 9.59 Å². The Bertz CT molecular complexity index is 990. The summed E-state index contributed by atoms with van der Waals surface area (Å²) in [5.41, 5.74) is 4.67. The first-order valence-corrected chi connectivity index (χ1v) is 12.4. The van der Waals surface area contributed by atoms with E-state index in [1.165, 1.54) is 11.1 Å². The Hall–Kier alpha value is -3.35. The third-order valence-corrected chi connectivity index (χ3v) is 6.67. The number of alkyl carbamates (subject to hydrolysis) is 1. The lowest BCUT2D eigenvalue weighted by Crippen LogP contribution is -2.38. The normalized spacial score (nSPS) is 13.1. The van der Waals surface area contributed by atoms with Crippen LogP contribution in [0.2, 0.25) is 0 Å². The van der Waals surface area contributed by atoms with Crippen LogP contribution in [0.5, 0.6) is 0 Å². The average Bonchev–Trinajstić information content (AvgIpc) is 3.16. The fraction of sp³-hybridized carbons (Fsp3) is 0.464. The number of carboxylic acids is 1.